The van der Waals surface area contributed by atoms with Crippen LogP contribution in [0.15, 0.2) is 24.3 Å². The summed E-state index contributed by atoms with van der Waals surface area (Å²) in [7, 11) is 0. The number of amides is 1. The van der Waals surface area contributed by atoms with Crippen molar-refractivity contribution >= 4 is 33.0 Å². The number of fused-ring (bicyclic) bond motifs is 1. The fourth-order valence-electron chi connectivity index (χ4n) is 1.83. The third kappa shape index (κ3) is 3.24. The number of benzene rings is 1. The molecule has 0 spiro atoms. The molecular formula is C14H18N2O2S. The summed E-state index contributed by atoms with van der Waals surface area (Å²) in [5.41, 5.74) is 6.59. The average Bonchev–Trinajstić information content (AvgIpc) is 2.76. The fourth-order valence-corrected chi connectivity index (χ4v) is 2.87. The second-order valence-electron chi connectivity index (χ2n) is 4.15. The summed E-state index contributed by atoms with van der Waals surface area (Å²) in [6.45, 7) is 3.93. The van der Waals surface area contributed by atoms with Crippen LogP contribution in [0.4, 0.5) is 5.69 Å². The van der Waals surface area contributed by atoms with Crippen LogP contribution >= 0.6 is 11.3 Å². The van der Waals surface area contributed by atoms with Crippen molar-refractivity contribution < 1.29 is 9.53 Å². The Kier molecular flexibility index (Phi) is 4.76. The van der Waals surface area contributed by atoms with Crippen molar-refractivity contribution in [1.29, 1.82) is 0 Å². The zero-order valence-corrected chi connectivity index (χ0v) is 11.8. The van der Waals surface area contributed by atoms with Crippen LogP contribution in [-0.4, -0.2) is 25.7 Å². The second kappa shape index (κ2) is 6.54. The molecule has 0 radical (unpaired) electrons. The highest BCUT2D eigenvalue weighted by molar-refractivity contribution is 7.21. The van der Waals surface area contributed by atoms with Crippen molar-refractivity contribution in [3.05, 3.63) is 29.1 Å². The smallest absolute Gasteiger partial charge is 0.263 e. The summed E-state index contributed by atoms with van der Waals surface area (Å²) in [5.74, 6) is -0.102. The number of rotatable bonds is 6. The highest BCUT2D eigenvalue weighted by atomic mass is 32.1. The van der Waals surface area contributed by atoms with E-state index in [-0.39, 0.29) is 5.91 Å². The van der Waals surface area contributed by atoms with Gasteiger partial charge < -0.3 is 15.8 Å². The van der Waals surface area contributed by atoms with Crippen LogP contribution in [0.2, 0.25) is 0 Å². The highest BCUT2D eigenvalue weighted by Gasteiger charge is 2.15. The summed E-state index contributed by atoms with van der Waals surface area (Å²) in [5, 5.41) is 3.82. The number of anilines is 1. The average molecular weight is 278 g/mol. The lowest BCUT2D eigenvalue weighted by Crippen LogP contribution is -2.25. The van der Waals surface area contributed by atoms with E-state index in [0.29, 0.717) is 30.3 Å². The summed E-state index contributed by atoms with van der Waals surface area (Å²) in [6, 6.07) is 7.78. The molecule has 5 heteroatoms. The number of thiophene rings is 1. The molecule has 0 atom stereocenters. The van der Waals surface area contributed by atoms with Crippen LogP contribution in [0.25, 0.3) is 10.1 Å². The molecule has 1 aromatic heterocycles. The predicted octanol–water partition coefficient (Wildman–Crippen LogP) is 2.64. The van der Waals surface area contributed by atoms with Gasteiger partial charge in [0.1, 0.15) is 4.88 Å². The maximum Gasteiger partial charge on any atom is 0.263 e. The number of hydrogen-bond donors (Lipinski definition) is 2. The number of carbonyl (C=O) groups excluding carboxylic acids is 1. The van der Waals surface area contributed by atoms with E-state index in [2.05, 4.69) is 5.32 Å². The van der Waals surface area contributed by atoms with Crippen molar-refractivity contribution in [3.63, 3.8) is 0 Å². The fraction of sp³-hybridized carbons (Fsp3) is 0.357. The van der Waals surface area contributed by atoms with Gasteiger partial charge in [0.2, 0.25) is 0 Å². The molecular weight excluding hydrogens is 260 g/mol. The van der Waals surface area contributed by atoms with Crippen LogP contribution in [0.1, 0.15) is 23.0 Å². The monoisotopic (exact) mass is 278 g/mol. The molecule has 0 aliphatic heterocycles. The number of nitrogen functional groups attached to an aromatic ring is 1. The quantitative estimate of drug-likeness (QED) is 0.798. The Morgan fingerprint density at radius 2 is 2.21 bits per heavy atom. The molecule has 1 heterocycles. The van der Waals surface area contributed by atoms with Gasteiger partial charge in [-0.3, -0.25) is 4.79 Å². The van der Waals surface area contributed by atoms with Gasteiger partial charge in [0.25, 0.3) is 5.91 Å². The normalized spacial score (nSPS) is 10.8. The lowest BCUT2D eigenvalue weighted by molar-refractivity contribution is 0.0949. The maximum absolute atomic E-state index is 12.0. The first-order valence-corrected chi connectivity index (χ1v) is 7.18. The van der Waals surface area contributed by atoms with Gasteiger partial charge in [-0.1, -0.05) is 18.2 Å². The molecule has 1 aromatic carbocycles. The van der Waals surface area contributed by atoms with E-state index in [9.17, 15) is 4.79 Å². The second-order valence-corrected chi connectivity index (χ2v) is 5.20. The lowest BCUT2D eigenvalue weighted by atomic mass is 10.2. The van der Waals surface area contributed by atoms with Crippen LogP contribution in [0.3, 0.4) is 0 Å². The van der Waals surface area contributed by atoms with Gasteiger partial charge in [-0.05, 0) is 19.4 Å². The third-order valence-electron chi connectivity index (χ3n) is 2.80. The van der Waals surface area contributed by atoms with Gasteiger partial charge in [0.15, 0.2) is 0 Å². The summed E-state index contributed by atoms with van der Waals surface area (Å²) in [4.78, 5) is 12.6. The molecule has 0 unspecified atom stereocenters. The van der Waals surface area contributed by atoms with Crippen LogP contribution in [-0.2, 0) is 4.74 Å². The largest absolute Gasteiger partial charge is 0.397 e. The summed E-state index contributed by atoms with van der Waals surface area (Å²) in [6.07, 6.45) is 0.810. The first-order valence-electron chi connectivity index (χ1n) is 6.37. The molecule has 4 nitrogen and oxygen atoms in total. The van der Waals surface area contributed by atoms with E-state index < -0.39 is 0 Å². The Labute approximate surface area is 116 Å². The minimum absolute atomic E-state index is 0.102. The predicted molar refractivity (Wildman–Crippen MR) is 79.7 cm³/mol. The molecule has 2 rings (SSSR count). The van der Waals surface area contributed by atoms with Gasteiger partial charge in [-0.25, -0.2) is 0 Å². The van der Waals surface area contributed by atoms with Crippen molar-refractivity contribution in [3.8, 4) is 0 Å². The van der Waals surface area contributed by atoms with Gasteiger partial charge in [0.05, 0.1) is 5.69 Å². The first-order chi connectivity index (χ1) is 9.24. The van der Waals surface area contributed by atoms with Crippen LogP contribution < -0.4 is 11.1 Å². The van der Waals surface area contributed by atoms with E-state index in [4.69, 9.17) is 10.5 Å². The van der Waals surface area contributed by atoms with E-state index >= 15 is 0 Å². The van der Waals surface area contributed by atoms with Gasteiger partial charge >= 0.3 is 0 Å². The SMILES string of the molecule is CCOCCCNC(=O)c1sc2ccccc2c1N. The zero-order chi connectivity index (χ0) is 13.7. The molecule has 3 N–H and O–H groups in total. The summed E-state index contributed by atoms with van der Waals surface area (Å²) >= 11 is 1.43. The molecule has 0 aliphatic rings. The molecule has 0 aliphatic carbocycles. The molecule has 0 saturated heterocycles. The molecule has 0 saturated carbocycles. The highest BCUT2D eigenvalue weighted by Crippen LogP contribution is 2.33. The van der Waals surface area contributed by atoms with Crippen molar-refractivity contribution in [2.75, 3.05) is 25.5 Å². The first kappa shape index (κ1) is 13.8. The Balaban J connectivity index is 1.99. The van der Waals surface area contributed by atoms with E-state index in [1.54, 1.807) is 0 Å². The van der Waals surface area contributed by atoms with Gasteiger partial charge in [0, 0.05) is 29.8 Å². The molecule has 19 heavy (non-hydrogen) atoms. The Morgan fingerprint density at radius 3 is 2.95 bits per heavy atom. The minimum Gasteiger partial charge on any atom is -0.397 e. The molecule has 102 valence electrons. The third-order valence-corrected chi connectivity index (χ3v) is 3.98. The standard InChI is InChI=1S/C14H18N2O2S/c1-2-18-9-5-8-16-14(17)13-12(15)10-6-3-4-7-11(10)19-13/h3-4,6-7H,2,5,8-9,15H2,1H3,(H,16,17). The van der Waals surface area contributed by atoms with Crippen LogP contribution in [0.5, 0.6) is 0 Å². The summed E-state index contributed by atoms with van der Waals surface area (Å²) < 4.78 is 6.26. The van der Waals surface area contributed by atoms with Gasteiger partial charge in [-0.2, -0.15) is 0 Å². The van der Waals surface area contributed by atoms with Crippen molar-refractivity contribution in [2.45, 2.75) is 13.3 Å². The number of hydrogen-bond acceptors (Lipinski definition) is 4. The molecule has 1 amide bonds. The Bertz CT molecular complexity index is 566. The Hall–Kier alpha value is -1.59. The molecule has 0 bridgehead atoms. The minimum atomic E-state index is -0.102. The van der Waals surface area contributed by atoms with E-state index in [1.165, 1.54) is 11.3 Å². The van der Waals surface area contributed by atoms with E-state index in [0.717, 1.165) is 16.5 Å². The number of nitrogens with two attached hydrogens (primary N) is 1. The molecule has 2 aromatic rings. The number of nitrogens with one attached hydrogen (secondary N) is 1. The lowest BCUT2D eigenvalue weighted by Gasteiger charge is -2.04. The zero-order valence-electron chi connectivity index (χ0n) is 10.9. The van der Waals surface area contributed by atoms with E-state index in [1.807, 2.05) is 31.2 Å². The number of ether oxygens (including phenoxy) is 1. The molecule has 0 fully saturated rings. The van der Waals surface area contributed by atoms with Crippen LogP contribution in [0, 0.1) is 0 Å². The Morgan fingerprint density at radius 1 is 1.42 bits per heavy atom. The number of carbonyl (C=O) groups is 1. The topological polar surface area (TPSA) is 64.3 Å². The maximum atomic E-state index is 12.0. The van der Waals surface area contributed by atoms with Crippen molar-refractivity contribution in [1.82, 2.24) is 5.32 Å². The van der Waals surface area contributed by atoms with Gasteiger partial charge in [-0.15, -0.1) is 11.3 Å². The van der Waals surface area contributed by atoms with Crippen molar-refractivity contribution in [2.24, 2.45) is 0 Å².